The molecule has 0 aliphatic carbocycles. The molecule has 2 heterocycles. The fourth-order valence-corrected chi connectivity index (χ4v) is 5.72. The van der Waals surface area contributed by atoms with E-state index >= 15 is 0 Å². The summed E-state index contributed by atoms with van der Waals surface area (Å²) in [6, 6.07) is 20.3. The van der Waals surface area contributed by atoms with Gasteiger partial charge < -0.3 is 20.9 Å². The highest BCUT2D eigenvalue weighted by atomic mass is 19.1. The van der Waals surface area contributed by atoms with Crippen LogP contribution in [0.3, 0.4) is 0 Å². The molecule has 0 unspecified atom stereocenters. The zero-order valence-corrected chi connectivity index (χ0v) is 23.6. The maximum atomic E-state index is 14.7. The highest BCUT2D eigenvalue weighted by Crippen LogP contribution is 2.28. The number of halogens is 1. The maximum absolute atomic E-state index is 14.7. The molecule has 3 aromatic carbocycles. The van der Waals surface area contributed by atoms with Crippen molar-refractivity contribution in [2.45, 2.75) is 57.2 Å². The van der Waals surface area contributed by atoms with Gasteiger partial charge in [0.2, 0.25) is 17.7 Å². The van der Waals surface area contributed by atoms with Gasteiger partial charge in [0.15, 0.2) is 5.78 Å². The van der Waals surface area contributed by atoms with Crippen LogP contribution in [0.2, 0.25) is 0 Å². The highest BCUT2D eigenvalue weighted by Gasteiger charge is 2.44. The summed E-state index contributed by atoms with van der Waals surface area (Å²) in [5.74, 6) is -1.92. The third kappa shape index (κ3) is 6.26. The van der Waals surface area contributed by atoms with Crippen molar-refractivity contribution in [2.24, 2.45) is 0 Å². The number of hydrogen-bond donors (Lipinski definition) is 3. The summed E-state index contributed by atoms with van der Waals surface area (Å²) in [5.41, 5.74) is 1.59. The van der Waals surface area contributed by atoms with E-state index in [0.29, 0.717) is 37.1 Å². The van der Waals surface area contributed by atoms with Crippen LogP contribution in [0.15, 0.2) is 72.8 Å². The molecule has 42 heavy (non-hydrogen) atoms. The van der Waals surface area contributed by atoms with E-state index in [9.17, 15) is 23.6 Å². The summed E-state index contributed by atoms with van der Waals surface area (Å²) in [6.45, 7) is 2.82. The van der Waals surface area contributed by atoms with Crippen molar-refractivity contribution in [2.75, 3.05) is 18.4 Å². The number of rotatable bonds is 8. The second-order valence-electron chi connectivity index (χ2n) is 11.0. The van der Waals surface area contributed by atoms with Gasteiger partial charge in [-0.2, -0.15) is 0 Å². The van der Waals surface area contributed by atoms with E-state index in [2.05, 4.69) is 16.0 Å². The first-order chi connectivity index (χ1) is 20.3. The Balaban J connectivity index is 1.36. The summed E-state index contributed by atoms with van der Waals surface area (Å²) in [6.07, 6.45) is 0.877. The molecule has 1 fully saturated rings. The lowest BCUT2D eigenvalue weighted by Crippen LogP contribution is -2.65. The van der Waals surface area contributed by atoms with Crippen molar-refractivity contribution >= 4 is 29.2 Å². The van der Waals surface area contributed by atoms with Crippen LogP contribution in [0.25, 0.3) is 0 Å². The molecule has 3 amide bonds. The average molecular weight is 571 g/mol. The largest absolute Gasteiger partial charge is 0.340 e. The third-order valence-corrected chi connectivity index (χ3v) is 8.23. The number of Topliss-reactive ketones (excluding diaryl/α,β-unsaturated/α-hetero) is 1. The molecule has 3 N–H and O–H groups in total. The number of nitrogens with one attached hydrogen (secondary N) is 3. The second-order valence-corrected chi connectivity index (χ2v) is 11.0. The van der Waals surface area contributed by atoms with E-state index in [1.54, 1.807) is 43.3 Å². The maximum Gasteiger partial charge on any atom is 0.250 e. The Morgan fingerprint density at radius 1 is 0.905 bits per heavy atom. The van der Waals surface area contributed by atoms with Gasteiger partial charge in [0.25, 0.3) is 0 Å². The number of carbonyl (C=O) groups is 4. The lowest BCUT2D eigenvalue weighted by atomic mass is 9.85. The van der Waals surface area contributed by atoms with Gasteiger partial charge in [-0.15, -0.1) is 0 Å². The minimum atomic E-state index is -1.28. The van der Waals surface area contributed by atoms with Crippen molar-refractivity contribution in [1.82, 2.24) is 15.5 Å². The molecule has 2 aliphatic heterocycles. The van der Waals surface area contributed by atoms with Gasteiger partial charge >= 0.3 is 0 Å². The molecule has 8 nitrogen and oxygen atoms in total. The van der Waals surface area contributed by atoms with E-state index in [0.717, 1.165) is 11.1 Å². The Morgan fingerprint density at radius 3 is 2.33 bits per heavy atom. The van der Waals surface area contributed by atoms with E-state index in [1.807, 2.05) is 30.3 Å². The van der Waals surface area contributed by atoms with Gasteiger partial charge in [-0.3, -0.25) is 19.2 Å². The molecule has 2 aliphatic rings. The Kier molecular flexibility index (Phi) is 8.77. The smallest absolute Gasteiger partial charge is 0.250 e. The first-order valence-electron chi connectivity index (χ1n) is 14.3. The molecule has 3 aromatic rings. The normalized spacial score (nSPS) is 17.6. The van der Waals surface area contributed by atoms with E-state index in [4.69, 9.17) is 0 Å². The SMILES string of the molecule is Cc1cccc(NC(=O)C2(NC(=O)[C@@H]3Cc4ccccc4CN3C(=O)CCC(=O)c3ccccc3)CCNCC2)c1F. The monoisotopic (exact) mass is 570 g/mol. The van der Waals surface area contributed by atoms with Crippen LogP contribution >= 0.6 is 0 Å². The molecule has 0 aromatic heterocycles. The number of ketones is 1. The quantitative estimate of drug-likeness (QED) is 0.356. The fourth-order valence-electron chi connectivity index (χ4n) is 5.72. The number of carbonyl (C=O) groups excluding carboxylic acids is 4. The number of anilines is 1. The van der Waals surface area contributed by atoms with E-state index in [-0.39, 0.29) is 43.2 Å². The number of amides is 3. The number of benzene rings is 3. The summed E-state index contributed by atoms with van der Waals surface area (Å²) in [5, 5.41) is 8.89. The van der Waals surface area contributed by atoms with Gasteiger partial charge in [0, 0.05) is 31.4 Å². The standard InChI is InChI=1S/C33H35FN4O4/c1-22-8-7-13-26(30(22)34)36-32(42)33(16-18-35-19-17-33)37-31(41)27-20-24-11-5-6-12-25(24)21-38(27)29(40)15-14-28(39)23-9-3-2-4-10-23/h2-13,27,35H,14-21H2,1H3,(H,36,42)(H,37,41)/t27-/m0/s1. The van der Waals surface area contributed by atoms with Crippen molar-refractivity contribution in [1.29, 1.82) is 0 Å². The Labute approximate surface area is 244 Å². The minimum absolute atomic E-state index is 0.0232. The van der Waals surface area contributed by atoms with Gasteiger partial charge in [0.05, 0.1) is 5.69 Å². The molecular weight excluding hydrogens is 535 g/mol. The van der Waals surface area contributed by atoms with Crippen LogP contribution in [0, 0.1) is 12.7 Å². The summed E-state index contributed by atoms with van der Waals surface area (Å²) < 4.78 is 14.7. The van der Waals surface area contributed by atoms with Crippen LogP contribution in [0.1, 0.15) is 52.7 Å². The zero-order chi connectivity index (χ0) is 29.7. The Bertz CT molecular complexity index is 1490. The van der Waals surface area contributed by atoms with E-state index < -0.39 is 29.2 Å². The number of aryl methyl sites for hydroxylation is 1. The topological polar surface area (TPSA) is 108 Å². The number of fused-ring (bicyclic) bond motifs is 1. The van der Waals surface area contributed by atoms with Crippen LogP contribution in [0.5, 0.6) is 0 Å². The lowest BCUT2D eigenvalue weighted by molar-refractivity contribution is -0.143. The predicted octanol–water partition coefficient (Wildman–Crippen LogP) is 3.93. The number of piperidine rings is 1. The van der Waals surface area contributed by atoms with Gasteiger partial charge in [0.1, 0.15) is 17.4 Å². The highest BCUT2D eigenvalue weighted by molar-refractivity contribution is 6.02. The lowest BCUT2D eigenvalue weighted by Gasteiger charge is -2.41. The van der Waals surface area contributed by atoms with Gasteiger partial charge in [-0.05, 0) is 55.6 Å². The first kappa shape index (κ1) is 29.1. The van der Waals surface area contributed by atoms with Crippen LogP contribution in [-0.4, -0.2) is 53.1 Å². The van der Waals surface area contributed by atoms with Crippen LogP contribution < -0.4 is 16.0 Å². The van der Waals surface area contributed by atoms with Crippen molar-refractivity contribution < 1.29 is 23.6 Å². The molecule has 0 radical (unpaired) electrons. The molecule has 0 spiro atoms. The molecule has 0 saturated carbocycles. The zero-order valence-electron chi connectivity index (χ0n) is 23.6. The summed E-state index contributed by atoms with van der Waals surface area (Å²) >= 11 is 0. The predicted molar refractivity (Wildman–Crippen MR) is 157 cm³/mol. The summed E-state index contributed by atoms with van der Waals surface area (Å²) in [4.78, 5) is 55.4. The molecule has 5 rings (SSSR count). The Hall–Kier alpha value is -4.37. The third-order valence-electron chi connectivity index (χ3n) is 8.23. The van der Waals surface area contributed by atoms with Crippen molar-refractivity contribution in [3.63, 3.8) is 0 Å². The summed E-state index contributed by atoms with van der Waals surface area (Å²) in [7, 11) is 0. The van der Waals surface area contributed by atoms with Crippen LogP contribution in [-0.2, 0) is 27.3 Å². The fraction of sp³-hybridized carbons (Fsp3) is 0.333. The van der Waals surface area contributed by atoms with Gasteiger partial charge in [-0.25, -0.2) is 4.39 Å². The number of hydrogen-bond acceptors (Lipinski definition) is 5. The second kappa shape index (κ2) is 12.7. The molecule has 218 valence electrons. The molecule has 0 bridgehead atoms. The van der Waals surface area contributed by atoms with Crippen LogP contribution in [0.4, 0.5) is 10.1 Å². The molecular formula is C33H35FN4O4. The van der Waals surface area contributed by atoms with E-state index in [1.165, 1.54) is 11.0 Å². The Morgan fingerprint density at radius 2 is 1.60 bits per heavy atom. The van der Waals surface area contributed by atoms with Gasteiger partial charge in [-0.1, -0.05) is 66.7 Å². The molecule has 1 atom stereocenters. The van der Waals surface area contributed by atoms with Crippen molar-refractivity contribution in [3.05, 3.63) is 101 Å². The van der Waals surface area contributed by atoms with Crippen molar-refractivity contribution in [3.8, 4) is 0 Å². The average Bonchev–Trinajstić information content (AvgIpc) is 3.02. The minimum Gasteiger partial charge on any atom is -0.340 e. The number of nitrogens with zero attached hydrogens (tertiary/aromatic N) is 1. The first-order valence-corrected chi connectivity index (χ1v) is 14.3. The molecule has 1 saturated heterocycles. The molecule has 9 heteroatoms.